The van der Waals surface area contributed by atoms with E-state index < -0.39 is 20.7 Å². The normalized spacial score (nSPS) is 19.8. The Morgan fingerprint density at radius 1 is 1.53 bits per heavy atom. The Morgan fingerprint density at radius 2 is 2.26 bits per heavy atom. The van der Waals surface area contributed by atoms with Crippen LogP contribution in [0.25, 0.3) is 0 Å². The molecule has 0 aromatic heterocycles. The zero-order chi connectivity index (χ0) is 14.0. The van der Waals surface area contributed by atoms with E-state index in [9.17, 15) is 12.8 Å². The van der Waals surface area contributed by atoms with Gasteiger partial charge in [0.2, 0.25) is 10.0 Å². The third-order valence-electron chi connectivity index (χ3n) is 2.87. The molecule has 4 nitrogen and oxygen atoms in total. The zero-order valence-electron chi connectivity index (χ0n) is 10.0. The van der Waals surface area contributed by atoms with Crippen LogP contribution in [-0.4, -0.2) is 26.0 Å². The molecule has 0 bridgehead atoms. The van der Waals surface area contributed by atoms with Gasteiger partial charge in [-0.15, -0.1) is 0 Å². The van der Waals surface area contributed by atoms with E-state index in [1.165, 1.54) is 0 Å². The predicted octanol–water partition coefficient (Wildman–Crippen LogP) is 2.34. The van der Waals surface area contributed by atoms with Crippen molar-refractivity contribution < 1.29 is 12.8 Å². The molecule has 1 saturated heterocycles. The molecule has 106 valence electrons. The molecule has 8 heteroatoms. The zero-order valence-corrected chi connectivity index (χ0v) is 13.2. The fourth-order valence-electron chi connectivity index (χ4n) is 1.84. The van der Waals surface area contributed by atoms with Crippen LogP contribution < -0.4 is 10.5 Å². The van der Waals surface area contributed by atoms with Crippen molar-refractivity contribution in [3.05, 3.63) is 22.4 Å². The number of halogens is 2. The van der Waals surface area contributed by atoms with Gasteiger partial charge in [-0.2, -0.15) is 11.8 Å². The quantitative estimate of drug-likeness (QED) is 0.800. The van der Waals surface area contributed by atoms with Crippen LogP contribution in [0.1, 0.15) is 12.8 Å². The van der Waals surface area contributed by atoms with Gasteiger partial charge in [-0.05, 0) is 46.7 Å². The molecule has 1 fully saturated rings. The van der Waals surface area contributed by atoms with Crippen LogP contribution in [0.4, 0.5) is 10.1 Å². The number of hydrogen-bond acceptors (Lipinski definition) is 4. The molecule has 1 heterocycles. The van der Waals surface area contributed by atoms with Gasteiger partial charge in [0.15, 0.2) is 0 Å². The molecule has 0 radical (unpaired) electrons. The molecule has 1 aliphatic rings. The van der Waals surface area contributed by atoms with Gasteiger partial charge in [0.05, 0.1) is 0 Å². The van der Waals surface area contributed by atoms with Crippen molar-refractivity contribution in [2.24, 2.45) is 0 Å². The highest BCUT2D eigenvalue weighted by Crippen LogP contribution is 2.28. The second kappa shape index (κ2) is 5.99. The Hall–Kier alpha value is -0.310. The van der Waals surface area contributed by atoms with E-state index in [2.05, 4.69) is 20.7 Å². The molecule has 0 spiro atoms. The summed E-state index contributed by atoms with van der Waals surface area (Å²) >= 11 is 4.79. The number of nitrogens with two attached hydrogens (primary N) is 1. The number of thioether (sulfide) groups is 1. The van der Waals surface area contributed by atoms with Crippen molar-refractivity contribution in [1.82, 2.24) is 4.72 Å². The van der Waals surface area contributed by atoms with Crippen molar-refractivity contribution in [2.75, 3.05) is 18.0 Å². The second-order valence-electron chi connectivity index (χ2n) is 4.29. The lowest BCUT2D eigenvalue weighted by Gasteiger charge is -2.12. The summed E-state index contributed by atoms with van der Waals surface area (Å²) in [5, 5.41) is 0.269. The van der Waals surface area contributed by atoms with Crippen LogP contribution >= 0.6 is 27.7 Å². The maximum Gasteiger partial charge on any atom is 0.243 e. The molecule has 0 aliphatic carbocycles. The maximum absolute atomic E-state index is 13.7. The van der Waals surface area contributed by atoms with Crippen LogP contribution in [0.5, 0.6) is 0 Å². The predicted molar refractivity (Wildman–Crippen MR) is 79.2 cm³/mol. The second-order valence-corrected chi connectivity index (χ2v) is 8.29. The van der Waals surface area contributed by atoms with Gasteiger partial charge in [-0.1, -0.05) is 0 Å². The van der Waals surface area contributed by atoms with E-state index in [4.69, 9.17) is 5.73 Å². The fraction of sp³-hybridized carbons (Fsp3) is 0.455. The van der Waals surface area contributed by atoms with Crippen LogP contribution in [0.2, 0.25) is 0 Å². The molecule has 3 N–H and O–H groups in total. The summed E-state index contributed by atoms with van der Waals surface area (Å²) in [6.45, 7) is 0.322. The van der Waals surface area contributed by atoms with E-state index in [1.807, 2.05) is 0 Å². The molecule has 1 aromatic carbocycles. The third-order valence-corrected chi connectivity index (χ3v) is 6.39. The van der Waals surface area contributed by atoms with Crippen molar-refractivity contribution in [3.63, 3.8) is 0 Å². The highest BCUT2D eigenvalue weighted by molar-refractivity contribution is 9.10. The number of hydrogen-bond donors (Lipinski definition) is 2. The SMILES string of the molecule is Nc1cc(S(=O)(=O)NCC2CCCS2)c(F)cc1Br. The molecule has 0 saturated carbocycles. The summed E-state index contributed by atoms with van der Waals surface area (Å²) in [6.07, 6.45) is 2.08. The Morgan fingerprint density at radius 3 is 2.89 bits per heavy atom. The Kier molecular flexibility index (Phi) is 4.75. The van der Waals surface area contributed by atoms with Gasteiger partial charge in [0.1, 0.15) is 10.7 Å². The first kappa shape index (κ1) is 15.1. The lowest BCUT2D eigenvalue weighted by Crippen LogP contribution is -2.30. The Labute approximate surface area is 124 Å². The molecule has 1 aliphatic heterocycles. The molecule has 1 aromatic rings. The van der Waals surface area contributed by atoms with E-state index in [0.717, 1.165) is 30.7 Å². The monoisotopic (exact) mass is 368 g/mol. The van der Waals surface area contributed by atoms with Crippen molar-refractivity contribution in [1.29, 1.82) is 0 Å². The minimum Gasteiger partial charge on any atom is -0.398 e. The summed E-state index contributed by atoms with van der Waals surface area (Å²) < 4.78 is 40.6. The number of nitrogens with one attached hydrogen (secondary N) is 1. The summed E-state index contributed by atoms with van der Waals surface area (Å²) in [7, 11) is -3.86. The first-order chi connectivity index (χ1) is 8.90. The maximum atomic E-state index is 13.7. The van der Waals surface area contributed by atoms with E-state index in [0.29, 0.717) is 11.0 Å². The summed E-state index contributed by atoms with van der Waals surface area (Å²) in [5.74, 6) is 0.235. The molecule has 19 heavy (non-hydrogen) atoms. The minimum atomic E-state index is -3.86. The lowest BCUT2D eigenvalue weighted by atomic mass is 10.2. The average Bonchev–Trinajstić information content (AvgIpc) is 2.84. The highest BCUT2D eigenvalue weighted by atomic mass is 79.9. The topological polar surface area (TPSA) is 72.2 Å². The fourth-order valence-corrected chi connectivity index (χ4v) is 4.63. The van der Waals surface area contributed by atoms with Gasteiger partial charge < -0.3 is 5.73 Å². The van der Waals surface area contributed by atoms with Gasteiger partial charge in [0, 0.05) is 22.0 Å². The largest absolute Gasteiger partial charge is 0.398 e. The molecular formula is C11H14BrFN2O2S2. The molecular weight excluding hydrogens is 355 g/mol. The van der Waals surface area contributed by atoms with Crippen LogP contribution in [0.3, 0.4) is 0 Å². The number of rotatable bonds is 4. The number of nitrogen functional groups attached to an aromatic ring is 1. The Bertz CT molecular complexity index is 574. The number of sulfonamides is 1. The first-order valence-corrected chi connectivity index (χ1v) is 9.08. The summed E-state index contributed by atoms with van der Waals surface area (Å²) in [6, 6.07) is 2.19. The Balaban J connectivity index is 2.16. The molecule has 1 unspecified atom stereocenters. The van der Waals surface area contributed by atoms with Gasteiger partial charge in [0.25, 0.3) is 0 Å². The molecule has 2 rings (SSSR count). The average molecular weight is 369 g/mol. The number of benzene rings is 1. The minimum absolute atomic E-state index is 0.192. The summed E-state index contributed by atoms with van der Waals surface area (Å²) in [5.41, 5.74) is 5.79. The van der Waals surface area contributed by atoms with Gasteiger partial charge in [-0.25, -0.2) is 17.5 Å². The summed E-state index contributed by atoms with van der Waals surface area (Å²) in [4.78, 5) is -0.406. The molecule has 1 atom stereocenters. The highest BCUT2D eigenvalue weighted by Gasteiger charge is 2.23. The third kappa shape index (κ3) is 3.62. The van der Waals surface area contributed by atoms with Crippen LogP contribution in [0.15, 0.2) is 21.5 Å². The van der Waals surface area contributed by atoms with E-state index >= 15 is 0 Å². The standard InChI is InChI=1S/C11H14BrFN2O2S2/c12-8-4-9(13)11(5-10(8)14)19(16,17)15-6-7-2-1-3-18-7/h4-5,7,15H,1-3,6,14H2. The van der Waals surface area contributed by atoms with Crippen LogP contribution in [0, 0.1) is 5.82 Å². The van der Waals surface area contributed by atoms with Crippen molar-refractivity contribution in [3.8, 4) is 0 Å². The number of anilines is 1. The van der Waals surface area contributed by atoms with E-state index in [-0.39, 0.29) is 10.9 Å². The van der Waals surface area contributed by atoms with Crippen molar-refractivity contribution >= 4 is 43.4 Å². The van der Waals surface area contributed by atoms with E-state index in [1.54, 1.807) is 11.8 Å². The van der Waals surface area contributed by atoms with Crippen molar-refractivity contribution in [2.45, 2.75) is 23.0 Å². The van der Waals surface area contributed by atoms with Gasteiger partial charge in [-0.3, -0.25) is 0 Å². The lowest BCUT2D eigenvalue weighted by molar-refractivity contribution is 0.555. The van der Waals surface area contributed by atoms with Crippen LogP contribution in [-0.2, 0) is 10.0 Å². The first-order valence-electron chi connectivity index (χ1n) is 5.76. The smallest absolute Gasteiger partial charge is 0.243 e. The molecule has 0 amide bonds. The van der Waals surface area contributed by atoms with Gasteiger partial charge >= 0.3 is 0 Å².